The van der Waals surface area contributed by atoms with Crippen LogP contribution in [0.1, 0.15) is 25.8 Å². The third-order valence-electron chi connectivity index (χ3n) is 3.58. The van der Waals surface area contributed by atoms with E-state index < -0.39 is 0 Å². The first-order chi connectivity index (χ1) is 11.1. The standard InChI is InChI=1S/C18H27NO4.ClH/c1-5-19(6-2)12-7-13-23-18(20)11-9-15-8-10-16(21-3)17(14-15)22-4;/h8-11,14H,5-7,12-13H2,1-4H3;1H. The number of esters is 1. The molecule has 0 saturated carbocycles. The van der Waals surface area contributed by atoms with Gasteiger partial charge in [-0.15, -0.1) is 12.4 Å². The van der Waals surface area contributed by atoms with Crippen LogP contribution in [0.4, 0.5) is 0 Å². The molecule has 5 nitrogen and oxygen atoms in total. The second kappa shape index (κ2) is 12.7. The summed E-state index contributed by atoms with van der Waals surface area (Å²) in [5.41, 5.74) is 0.850. The molecule has 0 saturated heterocycles. The summed E-state index contributed by atoms with van der Waals surface area (Å²) in [6, 6.07) is 5.46. The Morgan fingerprint density at radius 1 is 1.12 bits per heavy atom. The highest BCUT2D eigenvalue weighted by atomic mass is 35.5. The van der Waals surface area contributed by atoms with Crippen molar-refractivity contribution in [1.29, 1.82) is 0 Å². The van der Waals surface area contributed by atoms with Crippen LogP contribution in [-0.4, -0.2) is 51.3 Å². The number of nitrogens with zero attached hydrogens (tertiary/aromatic N) is 1. The minimum atomic E-state index is -0.334. The molecular weight excluding hydrogens is 330 g/mol. The van der Waals surface area contributed by atoms with E-state index in [1.807, 2.05) is 12.1 Å². The highest BCUT2D eigenvalue weighted by molar-refractivity contribution is 5.87. The minimum absolute atomic E-state index is 0. The molecule has 6 heteroatoms. The summed E-state index contributed by atoms with van der Waals surface area (Å²) in [5, 5.41) is 0. The van der Waals surface area contributed by atoms with Crippen molar-refractivity contribution in [1.82, 2.24) is 4.90 Å². The Morgan fingerprint density at radius 2 is 1.79 bits per heavy atom. The third kappa shape index (κ3) is 7.70. The SMILES string of the molecule is CCN(CC)CCCOC(=O)C=Cc1ccc(OC)c(OC)c1.Cl. The zero-order chi connectivity index (χ0) is 17.1. The van der Waals surface area contributed by atoms with E-state index in [1.54, 1.807) is 26.4 Å². The lowest BCUT2D eigenvalue weighted by molar-refractivity contribution is -0.137. The number of carbonyl (C=O) groups is 1. The van der Waals surface area contributed by atoms with Crippen LogP contribution in [0.15, 0.2) is 24.3 Å². The van der Waals surface area contributed by atoms with Crippen LogP contribution >= 0.6 is 12.4 Å². The minimum Gasteiger partial charge on any atom is -0.493 e. The van der Waals surface area contributed by atoms with Crippen molar-refractivity contribution in [2.45, 2.75) is 20.3 Å². The van der Waals surface area contributed by atoms with E-state index in [1.165, 1.54) is 6.08 Å². The first kappa shape index (κ1) is 22.3. The summed E-state index contributed by atoms with van der Waals surface area (Å²) >= 11 is 0. The predicted octanol–water partition coefficient (Wildman–Crippen LogP) is 3.41. The molecule has 0 amide bonds. The number of halogens is 1. The van der Waals surface area contributed by atoms with E-state index in [0.717, 1.165) is 31.6 Å². The molecule has 24 heavy (non-hydrogen) atoms. The fourth-order valence-corrected chi connectivity index (χ4v) is 2.17. The van der Waals surface area contributed by atoms with Gasteiger partial charge in [0, 0.05) is 12.6 Å². The molecule has 0 aliphatic rings. The Balaban J connectivity index is 0.00000529. The van der Waals surface area contributed by atoms with Gasteiger partial charge in [0.15, 0.2) is 11.5 Å². The maximum absolute atomic E-state index is 11.7. The summed E-state index contributed by atoms with van der Waals surface area (Å²) in [6.45, 7) is 7.67. The van der Waals surface area contributed by atoms with E-state index in [9.17, 15) is 4.79 Å². The molecule has 0 heterocycles. The van der Waals surface area contributed by atoms with Gasteiger partial charge in [-0.1, -0.05) is 19.9 Å². The van der Waals surface area contributed by atoms with Gasteiger partial charge in [0.1, 0.15) is 0 Å². The topological polar surface area (TPSA) is 48.0 Å². The molecule has 0 N–H and O–H groups in total. The van der Waals surface area contributed by atoms with Crippen molar-refractivity contribution >= 4 is 24.5 Å². The lowest BCUT2D eigenvalue weighted by Gasteiger charge is -2.17. The second-order valence-electron chi connectivity index (χ2n) is 5.00. The van der Waals surface area contributed by atoms with Crippen molar-refractivity contribution in [3.05, 3.63) is 29.8 Å². The first-order valence-corrected chi connectivity index (χ1v) is 7.93. The molecule has 0 spiro atoms. The Hall–Kier alpha value is -1.72. The zero-order valence-corrected chi connectivity index (χ0v) is 15.7. The zero-order valence-electron chi connectivity index (χ0n) is 14.9. The number of hydrogen-bond acceptors (Lipinski definition) is 5. The van der Waals surface area contributed by atoms with Gasteiger partial charge in [-0.3, -0.25) is 0 Å². The van der Waals surface area contributed by atoms with Gasteiger partial charge < -0.3 is 19.1 Å². The van der Waals surface area contributed by atoms with E-state index in [-0.39, 0.29) is 18.4 Å². The molecule has 0 aliphatic carbocycles. The van der Waals surface area contributed by atoms with E-state index in [2.05, 4.69) is 18.7 Å². The van der Waals surface area contributed by atoms with Gasteiger partial charge >= 0.3 is 5.97 Å². The molecule has 0 fully saturated rings. The fourth-order valence-electron chi connectivity index (χ4n) is 2.17. The maximum Gasteiger partial charge on any atom is 0.330 e. The number of carbonyl (C=O) groups excluding carboxylic acids is 1. The van der Waals surface area contributed by atoms with Crippen molar-refractivity contribution in [3.8, 4) is 11.5 Å². The molecule has 0 aromatic heterocycles. The Labute approximate surface area is 151 Å². The summed E-state index contributed by atoms with van der Waals surface area (Å²) in [4.78, 5) is 14.0. The summed E-state index contributed by atoms with van der Waals surface area (Å²) in [6.07, 6.45) is 3.98. The highest BCUT2D eigenvalue weighted by Crippen LogP contribution is 2.27. The lowest BCUT2D eigenvalue weighted by Crippen LogP contribution is -2.25. The summed E-state index contributed by atoms with van der Waals surface area (Å²) < 4.78 is 15.6. The fraction of sp³-hybridized carbons (Fsp3) is 0.500. The predicted molar refractivity (Wildman–Crippen MR) is 99.2 cm³/mol. The van der Waals surface area contributed by atoms with Crippen LogP contribution in [0.3, 0.4) is 0 Å². The molecular formula is C18H28ClNO4. The Bertz CT molecular complexity index is 516. The monoisotopic (exact) mass is 357 g/mol. The Kier molecular flexibility index (Phi) is 11.8. The normalized spacial score (nSPS) is 10.5. The van der Waals surface area contributed by atoms with Gasteiger partial charge in [0.05, 0.1) is 20.8 Å². The van der Waals surface area contributed by atoms with Crippen molar-refractivity contribution in [2.75, 3.05) is 40.5 Å². The maximum atomic E-state index is 11.7. The number of hydrogen-bond donors (Lipinski definition) is 0. The van der Waals surface area contributed by atoms with Crippen LogP contribution in [0.5, 0.6) is 11.5 Å². The van der Waals surface area contributed by atoms with E-state index in [0.29, 0.717) is 18.1 Å². The van der Waals surface area contributed by atoms with Gasteiger partial charge in [0.25, 0.3) is 0 Å². The van der Waals surface area contributed by atoms with Crippen molar-refractivity contribution in [2.24, 2.45) is 0 Å². The van der Waals surface area contributed by atoms with E-state index >= 15 is 0 Å². The molecule has 136 valence electrons. The van der Waals surface area contributed by atoms with E-state index in [4.69, 9.17) is 14.2 Å². The average Bonchev–Trinajstić information content (AvgIpc) is 2.59. The second-order valence-corrected chi connectivity index (χ2v) is 5.00. The molecule has 0 atom stereocenters. The number of methoxy groups -OCH3 is 2. The Morgan fingerprint density at radius 3 is 2.38 bits per heavy atom. The quantitative estimate of drug-likeness (QED) is 0.365. The smallest absolute Gasteiger partial charge is 0.330 e. The van der Waals surface area contributed by atoms with Crippen LogP contribution in [0.25, 0.3) is 6.08 Å². The number of ether oxygens (including phenoxy) is 3. The average molecular weight is 358 g/mol. The van der Waals surface area contributed by atoms with Gasteiger partial charge in [-0.25, -0.2) is 4.79 Å². The van der Waals surface area contributed by atoms with Crippen molar-refractivity contribution < 1.29 is 19.0 Å². The van der Waals surface area contributed by atoms with Gasteiger partial charge in [0.2, 0.25) is 0 Å². The lowest BCUT2D eigenvalue weighted by atomic mass is 10.2. The molecule has 1 aromatic carbocycles. The molecule has 0 unspecified atom stereocenters. The highest BCUT2D eigenvalue weighted by Gasteiger charge is 2.04. The van der Waals surface area contributed by atoms with Crippen LogP contribution in [-0.2, 0) is 9.53 Å². The summed E-state index contributed by atoms with van der Waals surface area (Å²) in [7, 11) is 3.17. The molecule has 1 aromatic rings. The molecule has 0 bridgehead atoms. The van der Waals surface area contributed by atoms with Crippen LogP contribution in [0, 0.1) is 0 Å². The third-order valence-corrected chi connectivity index (χ3v) is 3.58. The van der Waals surface area contributed by atoms with Crippen LogP contribution in [0.2, 0.25) is 0 Å². The molecule has 0 radical (unpaired) electrons. The van der Waals surface area contributed by atoms with Gasteiger partial charge in [-0.05, 0) is 43.3 Å². The molecule has 1 rings (SSSR count). The molecule has 0 aliphatic heterocycles. The first-order valence-electron chi connectivity index (χ1n) is 7.93. The van der Waals surface area contributed by atoms with Gasteiger partial charge in [-0.2, -0.15) is 0 Å². The van der Waals surface area contributed by atoms with Crippen molar-refractivity contribution in [3.63, 3.8) is 0 Å². The summed E-state index contributed by atoms with van der Waals surface area (Å²) in [5.74, 6) is 0.949. The largest absolute Gasteiger partial charge is 0.493 e. The number of rotatable bonds is 10. The number of benzene rings is 1. The van der Waals surface area contributed by atoms with Crippen LogP contribution < -0.4 is 9.47 Å².